The van der Waals surface area contributed by atoms with Crippen LogP contribution in [-0.4, -0.2) is 19.3 Å². The monoisotopic (exact) mass is 450 g/mol. The zero-order valence-electron chi connectivity index (χ0n) is 17.6. The SMILES string of the molecule is O=c1c2ccc(Cl)cc2nc2n1CC/C2=C/c1cn(-c2ccccc2)nc1-c1ccccc1. The smallest absolute Gasteiger partial charge is 0.261 e. The highest BCUT2D eigenvalue weighted by atomic mass is 35.5. The molecule has 0 amide bonds. The minimum absolute atomic E-state index is 0.0293. The molecule has 0 bridgehead atoms. The molecule has 0 saturated heterocycles. The largest absolute Gasteiger partial charge is 0.292 e. The average molecular weight is 451 g/mol. The summed E-state index contributed by atoms with van der Waals surface area (Å²) >= 11 is 6.16. The van der Waals surface area contributed by atoms with E-state index in [1.54, 1.807) is 22.8 Å². The average Bonchev–Trinajstić information content (AvgIpc) is 3.45. The molecular weight excluding hydrogens is 432 g/mol. The molecule has 5 nitrogen and oxygen atoms in total. The number of hydrogen-bond acceptors (Lipinski definition) is 3. The number of hydrogen-bond donors (Lipinski definition) is 0. The van der Waals surface area contributed by atoms with Crippen LogP contribution in [-0.2, 0) is 6.54 Å². The van der Waals surface area contributed by atoms with Gasteiger partial charge in [-0.25, -0.2) is 9.67 Å². The normalized spacial score (nSPS) is 14.2. The van der Waals surface area contributed by atoms with Crippen molar-refractivity contribution >= 4 is 34.2 Å². The van der Waals surface area contributed by atoms with E-state index in [0.29, 0.717) is 28.3 Å². The summed E-state index contributed by atoms with van der Waals surface area (Å²) in [7, 11) is 0. The zero-order chi connectivity index (χ0) is 22.4. The highest BCUT2D eigenvalue weighted by molar-refractivity contribution is 6.31. The van der Waals surface area contributed by atoms with Crippen LogP contribution in [0, 0.1) is 0 Å². The van der Waals surface area contributed by atoms with E-state index in [-0.39, 0.29) is 5.56 Å². The number of allylic oxidation sites excluding steroid dienone is 1. The van der Waals surface area contributed by atoms with E-state index in [1.165, 1.54) is 0 Å². The molecule has 0 saturated carbocycles. The first kappa shape index (κ1) is 19.7. The number of nitrogens with zero attached hydrogens (tertiary/aromatic N) is 4. The van der Waals surface area contributed by atoms with Gasteiger partial charge in [0, 0.05) is 28.9 Å². The van der Waals surface area contributed by atoms with Crippen LogP contribution in [0.3, 0.4) is 0 Å². The van der Waals surface area contributed by atoms with Crippen LogP contribution >= 0.6 is 11.6 Å². The summed E-state index contributed by atoms with van der Waals surface area (Å²) in [5, 5.41) is 6.05. The predicted octanol–water partition coefficient (Wildman–Crippen LogP) is 5.85. The molecule has 0 aliphatic carbocycles. The van der Waals surface area contributed by atoms with E-state index in [2.05, 4.69) is 18.2 Å². The summed E-state index contributed by atoms with van der Waals surface area (Å²) in [4.78, 5) is 17.8. The Bertz CT molecular complexity index is 1580. The van der Waals surface area contributed by atoms with E-state index in [9.17, 15) is 4.79 Å². The molecule has 0 unspecified atom stereocenters. The van der Waals surface area contributed by atoms with Crippen LogP contribution in [0.1, 0.15) is 17.8 Å². The summed E-state index contributed by atoms with van der Waals surface area (Å²) in [6.07, 6.45) is 4.87. The molecule has 0 spiro atoms. The van der Waals surface area contributed by atoms with Gasteiger partial charge >= 0.3 is 0 Å². The van der Waals surface area contributed by atoms with Gasteiger partial charge in [0.05, 0.1) is 22.3 Å². The van der Waals surface area contributed by atoms with Crippen molar-refractivity contribution in [1.29, 1.82) is 0 Å². The highest BCUT2D eigenvalue weighted by Gasteiger charge is 2.22. The van der Waals surface area contributed by atoms with Crippen molar-refractivity contribution in [1.82, 2.24) is 19.3 Å². The van der Waals surface area contributed by atoms with E-state index in [4.69, 9.17) is 21.7 Å². The summed E-state index contributed by atoms with van der Waals surface area (Å²) in [5.41, 5.74) is 5.49. The summed E-state index contributed by atoms with van der Waals surface area (Å²) < 4.78 is 3.65. The summed E-state index contributed by atoms with van der Waals surface area (Å²) in [6.45, 7) is 0.610. The van der Waals surface area contributed by atoms with E-state index in [1.807, 2.05) is 59.4 Å². The molecule has 0 radical (unpaired) electrons. The standard InChI is InChI=1S/C27H19ClN4O/c28-21-11-12-23-24(16-21)29-26-19(13-14-31(26)27(23)33)15-20-17-32(22-9-5-2-6-10-22)30-25(20)18-7-3-1-4-8-18/h1-12,15-17H,13-14H2/b19-15-. The Kier molecular flexibility index (Phi) is 4.70. The Morgan fingerprint density at radius 2 is 1.70 bits per heavy atom. The van der Waals surface area contributed by atoms with Crippen molar-refractivity contribution in [2.24, 2.45) is 0 Å². The Morgan fingerprint density at radius 3 is 2.48 bits per heavy atom. The molecule has 1 aliphatic heterocycles. The van der Waals surface area contributed by atoms with Crippen molar-refractivity contribution in [2.45, 2.75) is 13.0 Å². The second-order valence-electron chi connectivity index (χ2n) is 8.05. The Balaban J connectivity index is 1.53. The molecule has 3 heterocycles. The van der Waals surface area contributed by atoms with Crippen molar-refractivity contribution in [2.75, 3.05) is 0 Å². The molecule has 0 atom stereocenters. The quantitative estimate of drug-likeness (QED) is 0.346. The van der Waals surface area contributed by atoms with E-state index < -0.39 is 0 Å². The molecule has 160 valence electrons. The lowest BCUT2D eigenvalue weighted by molar-refractivity contribution is 0.725. The van der Waals surface area contributed by atoms with Crippen LogP contribution in [0.4, 0.5) is 0 Å². The highest BCUT2D eigenvalue weighted by Crippen LogP contribution is 2.32. The topological polar surface area (TPSA) is 52.7 Å². The maximum atomic E-state index is 13.0. The third kappa shape index (κ3) is 3.47. The molecule has 33 heavy (non-hydrogen) atoms. The Morgan fingerprint density at radius 1 is 0.939 bits per heavy atom. The van der Waals surface area contributed by atoms with Gasteiger partial charge in [-0.05, 0) is 48.4 Å². The first-order valence-electron chi connectivity index (χ1n) is 10.8. The van der Waals surface area contributed by atoms with Gasteiger partial charge in [-0.15, -0.1) is 0 Å². The number of fused-ring (bicyclic) bond motifs is 2. The fraction of sp³-hybridized carbons (Fsp3) is 0.0741. The molecule has 1 aliphatic rings. The Hall–Kier alpha value is -3.96. The zero-order valence-corrected chi connectivity index (χ0v) is 18.4. The van der Waals surface area contributed by atoms with Gasteiger partial charge in [0.15, 0.2) is 0 Å². The minimum atomic E-state index is -0.0293. The van der Waals surface area contributed by atoms with Gasteiger partial charge in [0.1, 0.15) is 5.82 Å². The number of aromatic nitrogens is 4. The lowest BCUT2D eigenvalue weighted by Gasteiger charge is -2.06. The first-order valence-corrected chi connectivity index (χ1v) is 11.2. The van der Waals surface area contributed by atoms with Crippen molar-refractivity contribution in [3.05, 3.63) is 112 Å². The third-order valence-electron chi connectivity index (χ3n) is 5.95. The van der Waals surface area contributed by atoms with Gasteiger partial charge in [0.2, 0.25) is 0 Å². The lowest BCUT2D eigenvalue weighted by atomic mass is 10.1. The fourth-order valence-corrected chi connectivity index (χ4v) is 4.51. The number of para-hydroxylation sites is 1. The van der Waals surface area contributed by atoms with Crippen molar-refractivity contribution in [3.63, 3.8) is 0 Å². The van der Waals surface area contributed by atoms with Crippen LogP contribution in [0.2, 0.25) is 5.02 Å². The minimum Gasteiger partial charge on any atom is -0.292 e. The van der Waals surface area contributed by atoms with Crippen LogP contribution in [0.15, 0.2) is 89.9 Å². The van der Waals surface area contributed by atoms with Gasteiger partial charge in [-0.2, -0.15) is 5.10 Å². The van der Waals surface area contributed by atoms with Gasteiger partial charge < -0.3 is 0 Å². The summed E-state index contributed by atoms with van der Waals surface area (Å²) in [5.74, 6) is 0.696. The van der Waals surface area contributed by atoms with Crippen LogP contribution in [0.5, 0.6) is 0 Å². The second-order valence-corrected chi connectivity index (χ2v) is 8.49. The number of benzene rings is 3. The fourth-order valence-electron chi connectivity index (χ4n) is 4.34. The molecule has 6 heteroatoms. The molecular formula is C27H19ClN4O. The lowest BCUT2D eigenvalue weighted by Crippen LogP contribution is -2.20. The van der Waals surface area contributed by atoms with E-state index >= 15 is 0 Å². The van der Waals surface area contributed by atoms with E-state index in [0.717, 1.165) is 34.5 Å². The predicted molar refractivity (Wildman–Crippen MR) is 133 cm³/mol. The van der Waals surface area contributed by atoms with Gasteiger partial charge in [-0.3, -0.25) is 9.36 Å². The van der Waals surface area contributed by atoms with Crippen molar-refractivity contribution < 1.29 is 0 Å². The van der Waals surface area contributed by atoms with Gasteiger partial charge in [-0.1, -0.05) is 60.1 Å². The summed E-state index contributed by atoms with van der Waals surface area (Å²) in [6, 6.07) is 25.4. The third-order valence-corrected chi connectivity index (χ3v) is 6.18. The molecule has 0 fully saturated rings. The van der Waals surface area contributed by atoms with Gasteiger partial charge in [0.25, 0.3) is 5.56 Å². The van der Waals surface area contributed by atoms with Crippen molar-refractivity contribution in [3.8, 4) is 16.9 Å². The maximum absolute atomic E-state index is 13.0. The molecule has 2 aromatic heterocycles. The molecule has 0 N–H and O–H groups in total. The number of rotatable bonds is 3. The molecule has 5 aromatic rings. The van der Waals surface area contributed by atoms with Crippen LogP contribution < -0.4 is 5.56 Å². The number of halogens is 1. The Labute approximate surface area is 195 Å². The first-order chi connectivity index (χ1) is 16.2. The maximum Gasteiger partial charge on any atom is 0.261 e. The molecule has 6 rings (SSSR count). The second kappa shape index (κ2) is 7.87. The van der Waals surface area contributed by atoms with Crippen LogP contribution in [0.25, 0.3) is 39.5 Å². The molecule has 3 aromatic carbocycles.